The van der Waals surface area contributed by atoms with Gasteiger partial charge in [0.25, 0.3) is 0 Å². The average Bonchev–Trinajstić information content (AvgIpc) is 3.23. The monoisotopic (exact) mass is 336 g/mol. The first-order valence-electron chi connectivity index (χ1n) is 8.47. The van der Waals surface area contributed by atoms with Gasteiger partial charge in [-0.15, -0.1) is 0 Å². The fraction of sp³-hybridized carbons (Fsp3) is 0.647. The maximum atomic E-state index is 12.2. The number of benzene rings is 1. The Hall–Kier alpha value is -1.11. The number of hydrogen-bond acceptors (Lipinski definition) is 5. The summed E-state index contributed by atoms with van der Waals surface area (Å²) in [5.41, 5.74) is 1.05. The van der Waals surface area contributed by atoms with Crippen LogP contribution in [0.5, 0.6) is 5.75 Å². The first kappa shape index (κ1) is 15.4. The predicted molar refractivity (Wildman–Crippen MR) is 89.0 cm³/mol. The van der Waals surface area contributed by atoms with E-state index in [9.17, 15) is 13.5 Å². The Labute approximate surface area is 137 Å². The highest BCUT2D eigenvalue weighted by molar-refractivity contribution is 7.91. The van der Waals surface area contributed by atoms with Gasteiger partial charge in [-0.05, 0) is 36.5 Å². The molecule has 3 aliphatic rings. The summed E-state index contributed by atoms with van der Waals surface area (Å²) in [5, 5.41) is 9.64. The number of phenolic OH excluding ortho intramolecular Hbond substituents is 1. The lowest BCUT2D eigenvalue weighted by Gasteiger charge is -2.44. The largest absolute Gasteiger partial charge is 0.508 e. The van der Waals surface area contributed by atoms with E-state index in [1.54, 1.807) is 12.1 Å². The molecule has 1 aromatic carbocycles. The van der Waals surface area contributed by atoms with Gasteiger partial charge in [0.15, 0.2) is 9.84 Å². The summed E-state index contributed by atoms with van der Waals surface area (Å²) in [4.78, 5) is 4.72. The van der Waals surface area contributed by atoms with Crippen molar-refractivity contribution in [3.63, 3.8) is 0 Å². The van der Waals surface area contributed by atoms with Crippen molar-refractivity contribution in [2.45, 2.75) is 31.5 Å². The molecule has 0 amide bonds. The highest BCUT2D eigenvalue weighted by Crippen LogP contribution is 2.34. The Morgan fingerprint density at radius 3 is 2.48 bits per heavy atom. The minimum atomic E-state index is -2.94. The summed E-state index contributed by atoms with van der Waals surface area (Å²) in [7, 11) is -2.94. The summed E-state index contributed by atoms with van der Waals surface area (Å²) in [6, 6.07) is 7.52. The molecule has 1 aliphatic carbocycles. The van der Waals surface area contributed by atoms with Crippen LogP contribution in [0.4, 0.5) is 0 Å². The third-order valence-corrected chi connectivity index (χ3v) is 7.09. The van der Waals surface area contributed by atoms with E-state index < -0.39 is 9.84 Å². The second kappa shape index (κ2) is 5.76. The van der Waals surface area contributed by atoms with Crippen LogP contribution >= 0.6 is 0 Å². The fourth-order valence-electron chi connectivity index (χ4n) is 4.04. The van der Waals surface area contributed by atoms with Crippen LogP contribution in [-0.4, -0.2) is 66.5 Å². The van der Waals surface area contributed by atoms with Crippen molar-refractivity contribution < 1.29 is 13.5 Å². The molecule has 5 nitrogen and oxygen atoms in total. The van der Waals surface area contributed by atoms with E-state index in [0.29, 0.717) is 12.3 Å². The number of fused-ring (bicyclic) bond motifs is 1. The van der Waals surface area contributed by atoms with Crippen LogP contribution in [0, 0.1) is 5.92 Å². The molecule has 2 aliphatic heterocycles. The summed E-state index contributed by atoms with van der Waals surface area (Å²) < 4.78 is 24.4. The van der Waals surface area contributed by atoms with E-state index in [2.05, 4.69) is 9.80 Å². The highest BCUT2D eigenvalue weighted by atomic mass is 32.2. The van der Waals surface area contributed by atoms with Crippen molar-refractivity contribution in [1.29, 1.82) is 0 Å². The number of piperazine rings is 1. The third kappa shape index (κ3) is 3.39. The molecule has 2 heterocycles. The zero-order valence-electron chi connectivity index (χ0n) is 13.3. The van der Waals surface area contributed by atoms with E-state index >= 15 is 0 Å². The Kier molecular flexibility index (Phi) is 3.86. The van der Waals surface area contributed by atoms with Crippen LogP contribution < -0.4 is 0 Å². The van der Waals surface area contributed by atoms with Gasteiger partial charge in [-0.3, -0.25) is 9.80 Å². The van der Waals surface area contributed by atoms with Gasteiger partial charge in [-0.2, -0.15) is 0 Å². The van der Waals surface area contributed by atoms with E-state index in [1.807, 2.05) is 12.1 Å². The summed E-state index contributed by atoms with van der Waals surface area (Å²) in [6.45, 7) is 3.63. The smallest absolute Gasteiger partial charge is 0.153 e. The molecule has 23 heavy (non-hydrogen) atoms. The van der Waals surface area contributed by atoms with E-state index in [1.165, 1.54) is 12.8 Å². The van der Waals surface area contributed by atoms with Crippen LogP contribution in [0.2, 0.25) is 0 Å². The molecule has 0 aromatic heterocycles. The molecule has 0 spiro atoms. The molecule has 3 fully saturated rings. The van der Waals surface area contributed by atoms with Crippen LogP contribution in [0.25, 0.3) is 0 Å². The molecule has 2 atom stereocenters. The molecule has 6 heteroatoms. The standard InChI is InChI=1S/C17H24N2O3S/c20-15-3-1-2-14(8-15)10-19-7-6-18(9-13-4-5-13)16-11-23(21,22)12-17(16)19/h1-3,8,13,16-17,20H,4-7,9-12H2/t16-,17+/m1/s1. The second-order valence-electron chi connectivity index (χ2n) is 7.29. The molecule has 0 bridgehead atoms. The maximum Gasteiger partial charge on any atom is 0.153 e. The molecular formula is C17H24N2O3S. The third-order valence-electron chi connectivity index (χ3n) is 5.39. The van der Waals surface area contributed by atoms with Gasteiger partial charge in [0.05, 0.1) is 11.5 Å². The van der Waals surface area contributed by atoms with Gasteiger partial charge >= 0.3 is 0 Å². The van der Waals surface area contributed by atoms with Crippen LogP contribution in [0.3, 0.4) is 0 Å². The molecule has 126 valence electrons. The zero-order chi connectivity index (χ0) is 16.0. The highest BCUT2D eigenvalue weighted by Gasteiger charge is 2.47. The topological polar surface area (TPSA) is 60.9 Å². The van der Waals surface area contributed by atoms with Crippen LogP contribution in [0.15, 0.2) is 24.3 Å². The zero-order valence-corrected chi connectivity index (χ0v) is 14.1. The summed E-state index contributed by atoms with van der Waals surface area (Å²) in [5.74, 6) is 1.64. The number of nitrogens with zero attached hydrogens (tertiary/aromatic N) is 2. The molecule has 0 radical (unpaired) electrons. The normalized spacial score (nSPS) is 31.1. The molecule has 1 aromatic rings. The Morgan fingerprint density at radius 2 is 1.78 bits per heavy atom. The first-order chi connectivity index (χ1) is 11.0. The van der Waals surface area contributed by atoms with Gasteiger partial charge in [-0.25, -0.2) is 8.42 Å². The van der Waals surface area contributed by atoms with E-state index in [4.69, 9.17) is 0 Å². The Morgan fingerprint density at radius 1 is 1.09 bits per heavy atom. The van der Waals surface area contributed by atoms with Gasteiger partial charge in [0, 0.05) is 38.3 Å². The lowest BCUT2D eigenvalue weighted by molar-refractivity contribution is 0.0376. The predicted octanol–water partition coefficient (Wildman–Crippen LogP) is 1.09. The molecule has 1 saturated carbocycles. The summed E-state index contributed by atoms with van der Waals surface area (Å²) >= 11 is 0. The fourth-order valence-corrected chi connectivity index (χ4v) is 6.08. The quantitative estimate of drug-likeness (QED) is 0.892. The van der Waals surface area contributed by atoms with Crippen LogP contribution in [-0.2, 0) is 16.4 Å². The molecular weight excluding hydrogens is 312 g/mol. The number of aromatic hydroxyl groups is 1. The van der Waals surface area contributed by atoms with Crippen molar-refractivity contribution in [3.8, 4) is 5.75 Å². The minimum Gasteiger partial charge on any atom is -0.508 e. The summed E-state index contributed by atoms with van der Waals surface area (Å²) in [6.07, 6.45) is 2.60. The Balaban J connectivity index is 1.52. The average molecular weight is 336 g/mol. The second-order valence-corrected chi connectivity index (χ2v) is 9.44. The Bertz CT molecular complexity index is 687. The van der Waals surface area contributed by atoms with E-state index in [-0.39, 0.29) is 23.6 Å². The lowest BCUT2D eigenvalue weighted by atomic mass is 10.0. The minimum absolute atomic E-state index is 0.0925. The SMILES string of the molecule is O=S1(=O)C[C@@H]2[C@H](C1)N(Cc1cccc(O)c1)CCN2CC1CC1. The van der Waals surface area contributed by atoms with Crippen molar-refractivity contribution in [1.82, 2.24) is 9.80 Å². The van der Waals surface area contributed by atoms with Gasteiger partial charge in [-0.1, -0.05) is 12.1 Å². The number of phenols is 1. The van der Waals surface area contributed by atoms with E-state index in [0.717, 1.165) is 31.1 Å². The van der Waals surface area contributed by atoms with Gasteiger partial charge in [0.1, 0.15) is 5.75 Å². The van der Waals surface area contributed by atoms with Gasteiger partial charge < -0.3 is 5.11 Å². The van der Waals surface area contributed by atoms with Crippen LogP contribution in [0.1, 0.15) is 18.4 Å². The number of sulfone groups is 1. The maximum absolute atomic E-state index is 12.2. The molecule has 1 N–H and O–H groups in total. The molecule has 2 saturated heterocycles. The lowest BCUT2D eigenvalue weighted by Crippen LogP contribution is -2.59. The van der Waals surface area contributed by atoms with Crippen molar-refractivity contribution in [2.75, 3.05) is 31.1 Å². The first-order valence-corrected chi connectivity index (χ1v) is 10.3. The van der Waals surface area contributed by atoms with Crippen molar-refractivity contribution >= 4 is 9.84 Å². The van der Waals surface area contributed by atoms with Crippen molar-refractivity contribution in [3.05, 3.63) is 29.8 Å². The molecule has 0 unspecified atom stereocenters. The van der Waals surface area contributed by atoms with Crippen molar-refractivity contribution in [2.24, 2.45) is 5.92 Å². The number of rotatable bonds is 4. The number of hydrogen-bond donors (Lipinski definition) is 1. The molecule has 4 rings (SSSR count). The van der Waals surface area contributed by atoms with Gasteiger partial charge in [0.2, 0.25) is 0 Å².